The van der Waals surface area contributed by atoms with Crippen LogP contribution in [0.15, 0.2) is 47.7 Å². The fraction of sp³-hybridized carbons (Fsp3) is 0.174. The monoisotopic (exact) mass is 493 g/mol. The van der Waals surface area contributed by atoms with Crippen molar-refractivity contribution in [3.05, 3.63) is 75.1 Å². The minimum atomic E-state index is -0.285. The summed E-state index contributed by atoms with van der Waals surface area (Å²) in [5, 5.41) is 17.8. The van der Waals surface area contributed by atoms with Gasteiger partial charge in [-0.25, -0.2) is 4.98 Å². The van der Waals surface area contributed by atoms with E-state index in [9.17, 15) is 9.59 Å². The molecule has 4 heterocycles. The lowest BCUT2D eigenvalue weighted by atomic mass is 10.1. The Bertz CT molecular complexity index is 1530. The normalized spacial score (nSPS) is 11.2. The zero-order valence-electron chi connectivity index (χ0n) is 18.1. The first kappa shape index (κ1) is 22.1. The van der Waals surface area contributed by atoms with Crippen LogP contribution in [0, 0.1) is 6.92 Å². The Labute approximate surface area is 202 Å². The van der Waals surface area contributed by atoms with Gasteiger partial charge in [-0.2, -0.15) is 5.10 Å². The third-order valence-corrected chi connectivity index (χ3v) is 7.06. The summed E-state index contributed by atoms with van der Waals surface area (Å²) >= 11 is 7.64. The van der Waals surface area contributed by atoms with Gasteiger partial charge in [-0.3, -0.25) is 24.8 Å². The van der Waals surface area contributed by atoms with E-state index in [0.29, 0.717) is 40.7 Å². The van der Waals surface area contributed by atoms with Gasteiger partial charge in [0.25, 0.3) is 11.5 Å². The maximum Gasteiger partial charge on any atom is 0.271 e. The Morgan fingerprint density at radius 2 is 2.15 bits per heavy atom. The first-order valence-corrected chi connectivity index (χ1v) is 11.8. The molecule has 0 radical (unpaired) electrons. The molecule has 0 aliphatic rings. The highest BCUT2D eigenvalue weighted by atomic mass is 35.5. The van der Waals surface area contributed by atoms with Crippen molar-refractivity contribution < 1.29 is 4.79 Å². The Hall–Kier alpha value is -3.76. The highest BCUT2D eigenvalue weighted by Gasteiger charge is 2.23. The van der Waals surface area contributed by atoms with E-state index < -0.39 is 0 Å². The average molecular weight is 494 g/mol. The molecular weight excluding hydrogens is 474 g/mol. The molecule has 1 aromatic carbocycles. The predicted octanol–water partition coefficient (Wildman–Crippen LogP) is 4.09. The number of aromatic amines is 3. The smallest absolute Gasteiger partial charge is 0.271 e. The number of aromatic nitrogens is 6. The standard InChI is InChI=1S/C23H20ClN7O2S/c1-12-16(24)7-6-15-17(12)29-30-18(15)23-28-19(20(34-23)13-4-2-8-25-10-13)22(33)26-9-3-5-14-11-27-31-21(14)32/h2,4,6-8,10-11H,3,5,9H2,1H3,(H,26,33)(H,29,30)(H2,27,31,32). The summed E-state index contributed by atoms with van der Waals surface area (Å²) in [6.45, 7) is 2.33. The summed E-state index contributed by atoms with van der Waals surface area (Å²) in [6, 6.07) is 7.45. The number of carbonyl (C=O) groups excluding carboxylic acids is 1. The summed E-state index contributed by atoms with van der Waals surface area (Å²) in [5.41, 5.74) is 4.02. The van der Waals surface area contributed by atoms with Gasteiger partial charge >= 0.3 is 0 Å². The molecule has 172 valence electrons. The molecule has 0 fully saturated rings. The molecule has 1 amide bonds. The van der Waals surface area contributed by atoms with Gasteiger partial charge in [0.15, 0.2) is 0 Å². The number of nitrogens with one attached hydrogen (secondary N) is 4. The van der Waals surface area contributed by atoms with Crippen LogP contribution in [0.4, 0.5) is 0 Å². The lowest BCUT2D eigenvalue weighted by Gasteiger charge is -2.04. The van der Waals surface area contributed by atoms with Crippen molar-refractivity contribution in [3.8, 4) is 21.1 Å². The van der Waals surface area contributed by atoms with Gasteiger partial charge in [-0.05, 0) is 43.5 Å². The van der Waals surface area contributed by atoms with Crippen LogP contribution in [0.3, 0.4) is 0 Å². The van der Waals surface area contributed by atoms with Gasteiger partial charge in [-0.15, -0.1) is 11.3 Å². The third-order valence-electron chi connectivity index (χ3n) is 5.53. The molecule has 4 N–H and O–H groups in total. The van der Waals surface area contributed by atoms with Crippen molar-refractivity contribution in [2.24, 2.45) is 0 Å². The minimum absolute atomic E-state index is 0.141. The molecular formula is C23H20ClN7O2S. The fourth-order valence-electron chi connectivity index (χ4n) is 3.71. The number of rotatable bonds is 7. The number of H-pyrrole nitrogens is 3. The summed E-state index contributed by atoms with van der Waals surface area (Å²) in [6.07, 6.45) is 6.21. The quantitative estimate of drug-likeness (QED) is 0.253. The van der Waals surface area contributed by atoms with Crippen molar-refractivity contribution in [2.45, 2.75) is 19.8 Å². The predicted molar refractivity (Wildman–Crippen MR) is 132 cm³/mol. The average Bonchev–Trinajstić information content (AvgIpc) is 3.58. The molecule has 0 bridgehead atoms. The number of hydrogen-bond donors (Lipinski definition) is 4. The zero-order chi connectivity index (χ0) is 23.7. The molecule has 5 aromatic rings. The molecule has 0 atom stereocenters. The number of benzene rings is 1. The van der Waals surface area contributed by atoms with Crippen molar-refractivity contribution in [2.75, 3.05) is 6.54 Å². The van der Waals surface area contributed by atoms with Gasteiger partial charge in [0.2, 0.25) is 0 Å². The number of carbonyl (C=O) groups is 1. The Kier molecular flexibility index (Phi) is 5.99. The van der Waals surface area contributed by atoms with Crippen LogP contribution in [0.2, 0.25) is 5.02 Å². The van der Waals surface area contributed by atoms with Crippen molar-refractivity contribution in [1.29, 1.82) is 0 Å². The SMILES string of the molecule is Cc1c(Cl)ccc2c(-c3nc(C(=O)NCCCc4c[nH][nH]c4=O)c(-c4cccnc4)s3)[nH]nc12. The molecule has 9 nitrogen and oxygen atoms in total. The van der Waals surface area contributed by atoms with E-state index in [1.165, 1.54) is 11.3 Å². The van der Waals surface area contributed by atoms with Crippen molar-refractivity contribution >= 4 is 39.7 Å². The maximum atomic E-state index is 13.1. The molecule has 0 aliphatic heterocycles. The second kappa shape index (κ2) is 9.24. The van der Waals surface area contributed by atoms with Crippen LogP contribution in [0.1, 0.15) is 28.0 Å². The Balaban J connectivity index is 1.45. The lowest BCUT2D eigenvalue weighted by Crippen LogP contribution is -2.26. The molecule has 0 saturated carbocycles. The number of nitrogens with zero attached hydrogens (tertiary/aromatic N) is 3. The number of aryl methyl sites for hydroxylation is 2. The molecule has 0 unspecified atom stereocenters. The van der Waals surface area contributed by atoms with Crippen LogP contribution >= 0.6 is 22.9 Å². The number of amides is 1. The first-order chi connectivity index (χ1) is 16.5. The summed E-state index contributed by atoms with van der Waals surface area (Å²) in [5.74, 6) is -0.285. The van der Waals surface area contributed by atoms with E-state index in [2.05, 4.69) is 35.7 Å². The molecule has 0 aliphatic carbocycles. The second-order valence-electron chi connectivity index (χ2n) is 7.73. The number of hydrogen-bond acceptors (Lipinski definition) is 6. The van der Waals surface area contributed by atoms with E-state index in [0.717, 1.165) is 32.6 Å². The van der Waals surface area contributed by atoms with Crippen LogP contribution in [0.25, 0.3) is 32.0 Å². The molecule has 5 rings (SSSR count). The van der Waals surface area contributed by atoms with Crippen LogP contribution in [0.5, 0.6) is 0 Å². The topological polar surface area (TPSA) is 132 Å². The van der Waals surface area contributed by atoms with Crippen LogP contribution in [-0.4, -0.2) is 42.8 Å². The van der Waals surface area contributed by atoms with E-state index in [1.807, 2.05) is 31.2 Å². The maximum absolute atomic E-state index is 13.1. The first-order valence-electron chi connectivity index (χ1n) is 10.6. The molecule has 4 aromatic heterocycles. The van der Waals surface area contributed by atoms with Crippen LogP contribution in [-0.2, 0) is 6.42 Å². The van der Waals surface area contributed by atoms with Gasteiger partial charge in [0, 0.05) is 46.7 Å². The van der Waals surface area contributed by atoms with E-state index in [-0.39, 0.29) is 11.5 Å². The fourth-order valence-corrected chi connectivity index (χ4v) is 4.93. The Morgan fingerprint density at radius 3 is 2.91 bits per heavy atom. The number of fused-ring (bicyclic) bond motifs is 1. The van der Waals surface area contributed by atoms with Gasteiger partial charge in [0.1, 0.15) is 16.4 Å². The Morgan fingerprint density at radius 1 is 1.26 bits per heavy atom. The highest BCUT2D eigenvalue weighted by Crippen LogP contribution is 2.38. The summed E-state index contributed by atoms with van der Waals surface area (Å²) in [7, 11) is 0. The van der Waals surface area contributed by atoms with Gasteiger partial charge < -0.3 is 10.4 Å². The minimum Gasteiger partial charge on any atom is -0.351 e. The van der Waals surface area contributed by atoms with Gasteiger partial charge in [0.05, 0.1) is 10.4 Å². The van der Waals surface area contributed by atoms with E-state index >= 15 is 0 Å². The summed E-state index contributed by atoms with van der Waals surface area (Å²) < 4.78 is 0. The van der Waals surface area contributed by atoms with E-state index in [1.54, 1.807) is 18.6 Å². The van der Waals surface area contributed by atoms with Crippen molar-refractivity contribution in [3.63, 3.8) is 0 Å². The number of halogens is 1. The zero-order valence-corrected chi connectivity index (χ0v) is 19.7. The third kappa shape index (κ3) is 4.13. The van der Waals surface area contributed by atoms with E-state index in [4.69, 9.17) is 11.6 Å². The largest absolute Gasteiger partial charge is 0.351 e. The van der Waals surface area contributed by atoms with Gasteiger partial charge in [-0.1, -0.05) is 17.7 Å². The number of thiazole rings is 1. The van der Waals surface area contributed by atoms with Crippen molar-refractivity contribution in [1.82, 2.24) is 35.7 Å². The lowest BCUT2D eigenvalue weighted by molar-refractivity contribution is 0.0949. The summed E-state index contributed by atoms with van der Waals surface area (Å²) in [4.78, 5) is 34.3. The molecule has 0 spiro atoms. The van der Waals surface area contributed by atoms with Crippen LogP contribution < -0.4 is 10.9 Å². The molecule has 0 saturated heterocycles. The molecule has 34 heavy (non-hydrogen) atoms. The second-order valence-corrected chi connectivity index (χ2v) is 9.14. The highest BCUT2D eigenvalue weighted by molar-refractivity contribution is 7.18. The number of pyridine rings is 1. The molecule has 11 heteroatoms.